The van der Waals surface area contributed by atoms with Crippen LogP contribution < -0.4 is 5.32 Å². The molecular weight excluding hydrogens is 270 g/mol. The number of aromatic nitrogens is 1. The zero-order chi connectivity index (χ0) is 12.5. The summed E-state index contributed by atoms with van der Waals surface area (Å²) in [6.45, 7) is 2.90. The summed E-state index contributed by atoms with van der Waals surface area (Å²) in [5, 5.41) is 3.34. The summed E-state index contributed by atoms with van der Waals surface area (Å²) in [7, 11) is 0. The van der Waals surface area contributed by atoms with Gasteiger partial charge in [0.2, 0.25) is 5.91 Å². The van der Waals surface area contributed by atoms with Gasteiger partial charge in [0.1, 0.15) is 5.15 Å². The number of fused-ring (bicyclic) bond motifs is 1. The van der Waals surface area contributed by atoms with Gasteiger partial charge < -0.3 is 5.32 Å². The highest BCUT2D eigenvalue weighted by molar-refractivity contribution is 7.19. The fourth-order valence-corrected chi connectivity index (χ4v) is 3.27. The zero-order valence-electron chi connectivity index (χ0n) is 9.65. The van der Waals surface area contributed by atoms with Crippen LogP contribution in [0.3, 0.4) is 0 Å². The highest BCUT2D eigenvalue weighted by atomic mass is 35.5. The van der Waals surface area contributed by atoms with Crippen molar-refractivity contribution in [3.8, 4) is 0 Å². The number of thiophene rings is 1. The number of hydrogen-bond acceptors (Lipinski definition) is 4. The summed E-state index contributed by atoms with van der Waals surface area (Å²) in [5.74, 6) is 0.100. The van der Waals surface area contributed by atoms with Crippen molar-refractivity contribution in [3.63, 3.8) is 0 Å². The molecule has 0 aromatic carbocycles. The topological polar surface area (TPSA) is 45.2 Å². The lowest BCUT2D eigenvalue weighted by atomic mass is 10.3. The van der Waals surface area contributed by atoms with Crippen LogP contribution in [0.4, 0.5) is 0 Å². The fourth-order valence-electron chi connectivity index (χ4n) is 2.07. The third-order valence-electron chi connectivity index (χ3n) is 2.89. The minimum atomic E-state index is 0.100. The van der Waals surface area contributed by atoms with Crippen LogP contribution in [0.25, 0.3) is 10.2 Å². The molecule has 1 amide bonds. The predicted octanol–water partition coefficient (Wildman–Crippen LogP) is 1.88. The average Bonchev–Trinajstić information content (AvgIpc) is 2.70. The number of piperazine rings is 1. The number of carbonyl (C=O) groups is 1. The standard InChI is InChI=1S/C12H12ClN3OS/c13-11-2-1-10-9(15-11)5-8(18-10)6-16-4-3-14-12(17)7-16/h1-2,5H,3-4,6-7H2,(H,14,17). The summed E-state index contributed by atoms with van der Waals surface area (Å²) in [6, 6.07) is 5.85. The van der Waals surface area contributed by atoms with Gasteiger partial charge in [0.15, 0.2) is 0 Å². The normalized spacial score (nSPS) is 17.1. The van der Waals surface area contributed by atoms with E-state index in [2.05, 4.69) is 21.3 Å². The Morgan fingerprint density at radius 1 is 1.50 bits per heavy atom. The Morgan fingerprint density at radius 3 is 3.22 bits per heavy atom. The van der Waals surface area contributed by atoms with Crippen LogP contribution in [0.2, 0.25) is 5.15 Å². The van der Waals surface area contributed by atoms with Crippen molar-refractivity contribution in [2.45, 2.75) is 6.54 Å². The van der Waals surface area contributed by atoms with Crippen molar-refractivity contribution >= 4 is 39.1 Å². The van der Waals surface area contributed by atoms with E-state index in [0.717, 1.165) is 29.9 Å². The van der Waals surface area contributed by atoms with E-state index in [4.69, 9.17) is 11.6 Å². The molecule has 1 aliphatic rings. The number of amides is 1. The van der Waals surface area contributed by atoms with Crippen LogP contribution in [0.5, 0.6) is 0 Å². The lowest BCUT2D eigenvalue weighted by molar-refractivity contribution is -0.124. The Bertz CT molecular complexity index is 598. The van der Waals surface area contributed by atoms with Crippen molar-refractivity contribution in [3.05, 3.63) is 28.2 Å². The highest BCUT2D eigenvalue weighted by Gasteiger charge is 2.17. The zero-order valence-corrected chi connectivity index (χ0v) is 11.2. The van der Waals surface area contributed by atoms with Gasteiger partial charge in [-0.2, -0.15) is 0 Å². The van der Waals surface area contributed by atoms with Gasteiger partial charge in [-0.3, -0.25) is 9.69 Å². The summed E-state index contributed by atoms with van der Waals surface area (Å²) in [6.07, 6.45) is 0. The Balaban J connectivity index is 1.80. The number of hydrogen-bond donors (Lipinski definition) is 1. The van der Waals surface area contributed by atoms with E-state index in [1.54, 1.807) is 17.4 Å². The van der Waals surface area contributed by atoms with Crippen molar-refractivity contribution < 1.29 is 4.79 Å². The SMILES string of the molecule is O=C1CN(Cc2cc3nc(Cl)ccc3s2)CCN1. The maximum atomic E-state index is 11.3. The molecule has 18 heavy (non-hydrogen) atoms. The first-order valence-corrected chi connectivity index (χ1v) is 6.94. The summed E-state index contributed by atoms with van der Waals surface area (Å²) in [5.41, 5.74) is 0.934. The number of nitrogens with one attached hydrogen (secondary N) is 1. The lowest BCUT2D eigenvalue weighted by Crippen LogP contribution is -2.46. The molecule has 0 aliphatic carbocycles. The second-order valence-corrected chi connectivity index (χ2v) is 5.85. The predicted molar refractivity (Wildman–Crippen MR) is 72.9 cm³/mol. The Labute approximate surface area is 114 Å². The monoisotopic (exact) mass is 281 g/mol. The van der Waals surface area contributed by atoms with Crippen LogP contribution in [-0.2, 0) is 11.3 Å². The Hall–Kier alpha value is -1.17. The van der Waals surface area contributed by atoms with Crippen LogP contribution in [0.15, 0.2) is 18.2 Å². The molecule has 6 heteroatoms. The molecule has 0 saturated carbocycles. The van der Waals surface area contributed by atoms with Gasteiger partial charge in [0, 0.05) is 24.5 Å². The van der Waals surface area contributed by atoms with Gasteiger partial charge in [0.25, 0.3) is 0 Å². The van der Waals surface area contributed by atoms with Crippen molar-refractivity contribution in [1.29, 1.82) is 0 Å². The number of rotatable bonds is 2. The molecule has 3 rings (SSSR count). The van der Waals surface area contributed by atoms with Crippen LogP contribution in [-0.4, -0.2) is 35.4 Å². The van der Waals surface area contributed by atoms with Gasteiger partial charge in [0.05, 0.1) is 16.8 Å². The van der Waals surface area contributed by atoms with Gasteiger partial charge in [-0.1, -0.05) is 11.6 Å². The molecule has 1 aliphatic heterocycles. The van der Waals surface area contributed by atoms with Gasteiger partial charge >= 0.3 is 0 Å². The molecule has 0 atom stereocenters. The lowest BCUT2D eigenvalue weighted by Gasteiger charge is -2.25. The van der Waals surface area contributed by atoms with Crippen LogP contribution in [0.1, 0.15) is 4.88 Å². The van der Waals surface area contributed by atoms with Crippen molar-refractivity contribution in [1.82, 2.24) is 15.2 Å². The number of halogens is 1. The van der Waals surface area contributed by atoms with E-state index in [9.17, 15) is 4.79 Å². The molecule has 1 saturated heterocycles. The summed E-state index contributed by atoms with van der Waals surface area (Å²) >= 11 is 7.58. The second kappa shape index (κ2) is 4.84. The maximum absolute atomic E-state index is 11.3. The van der Waals surface area contributed by atoms with Crippen LogP contribution in [0, 0.1) is 0 Å². The first-order chi connectivity index (χ1) is 8.70. The first-order valence-electron chi connectivity index (χ1n) is 5.75. The molecule has 2 aromatic rings. The van der Waals surface area contributed by atoms with E-state index >= 15 is 0 Å². The van der Waals surface area contributed by atoms with E-state index in [1.807, 2.05) is 6.07 Å². The van der Waals surface area contributed by atoms with Gasteiger partial charge in [-0.05, 0) is 18.2 Å². The summed E-state index contributed by atoms with van der Waals surface area (Å²) in [4.78, 5) is 18.9. The average molecular weight is 282 g/mol. The molecule has 3 heterocycles. The number of pyridine rings is 1. The molecule has 0 spiro atoms. The minimum absolute atomic E-state index is 0.100. The molecule has 4 nitrogen and oxygen atoms in total. The second-order valence-electron chi connectivity index (χ2n) is 4.29. The highest BCUT2D eigenvalue weighted by Crippen LogP contribution is 2.26. The van der Waals surface area contributed by atoms with E-state index in [1.165, 1.54) is 4.88 Å². The number of carbonyl (C=O) groups excluding carboxylic acids is 1. The van der Waals surface area contributed by atoms with Gasteiger partial charge in [-0.25, -0.2) is 4.98 Å². The number of nitrogens with zero attached hydrogens (tertiary/aromatic N) is 2. The fraction of sp³-hybridized carbons (Fsp3) is 0.333. The molecule has 0 unspecified atom stereocenters. The molecular formula is C12H12ClN3OS. The van der Waals surface area contributed by atoms with E-state index < -0.39 is 0 Å². The smallest absolute Gasteiger partial charge is 0.234 e. The Kier molecular flexibility index (Phi) is 3.20. The van der Waals surface area contributed by atoms with E-state index in [-0.39, 0.29) is 5.91 Å². The minimum Gasteiger partial charge on any atom is -0.354 e. The maximum Gasteiger partial charge on any atom is 0.234 e. The molecule has 1 fully saturated rings. The third-order valence-corrected chi connectivity index (χ3v) is 4.17. The summed E-state index contributed by atoms with van der Waals surface area (Å²) < 4.78 is 1.14. The molecule has 0 bridgehead atoms. The molecule has 1 N–H and O–H groups in total. The molecule has 2 aromatic heterocycles. The quantitative estimate of drug-likeness (QED) is 0.855. The van der Waals surface area contributed by atoms with Gasteiger partial charge in [-0.15, -0.1) is 11.3 Å². The third kappa shape index (κ3) is 2.48. The Morgan fingerprint density at radius 2 is 2.39 bits per heavy atom. The van der Waals surface area contributed by atoms with Crippen LogP contribution >= 0.6 is 22.9 Å². The van der Waals surface area contributed by atoms with Crippen molar-refractivity contribution in [2.75, 3.05) is 19.6 Å². The first kappa shape index (κ1) is 11.9. The largest absolute Gasteiger partial charge is 0.354 e. The van der Waals surface area contributed by atoms with Crippen molar-refractivity contribution in [2.24, 2.45) is 0 Å². The molecule has 0 radical (unpaired) electrons. The van der Waals surface area contributed by atoms with E-state index in [0.29, 0.717) is 11.7 Å². The molecule has 94 valence electrons.